The fourth-order valence-electron chi connectivity index (χ4n) is 6.33. The van der Waals surface area contributed by atoms with Gasteiger partial charge in [0, 0.05) is 19.4 Å². The Kier molecular flexibility index (Phi) is 7.06. The highest BCUT2D eigenvalue weighted by Crippen LogP contribution is 2.50. The summed E-state index contributed by atoms with van der Waals surface area (Å²) in [6, 6.07) is 21.1. The lowest BCUT2D eigenvalue weighted by atomic mass is 9.92. The zero-order chi connectivity index (χ0) is 23.6. The van der Waals surface area contributed by atoms with Crippen LogP contribution in [0.2, 0.25) is 5.04 Å². The number of ketones is 1. The van der Waals surface area contributed by atoms with Crippen LogP contribution in [0.25, 0.3) is 0 Å². The number of methoxy groups -OCH3 is 1. The smallest absolute Gasteiger partial charge is 0.156 e. The lowest BCUT2D eigenvalue weighted by Gasteiger charge is -2.50. The maximum atomic E-state index is 12.6. The molecule has 0 radical (unpaired) electrons. The SMILES string of the molecule is COCCO[C@@H]1CC2=CC(=O)C[C@@H]2[C@@H]1C(O)[Si](c1ccccc1)(c1ccccc1)C(C)(C)C. The summed E-state index contributed by atoms with van der Waals surface area (Å²) in [6.45, 7) is 7.78. The van der Waals surface area contributed by atoms with Crippen LogP contribution in [0.15, 0.2) is 72.3 Å². The first-order chi connectivity index (χ1) is 15.8. The summed E-state index contributed by atoms with van der Waals surface area (Å²) < 4.78 is 11.5. The van der Waals surface area contributed by atoms with Crippen LogP contribution in [-0.2, 0) is 14.3 Å². The third-order valence-electron chi connectivity index (χ3n) is 7.64. The molecule has 0 aromatic heterocycles. The standard InChI is InChI=1S/C28H36O4Si/c1-28(2,3)33(22-11-7-5-8-12-22,23-13-9-6-10-14-23)27(30)26-24-19-21(29)17-20(24)18-25(26)32-16-15-31-4/h5-14,17,24-27,30H,15-16,18-19H2,1-4H3/t24-,25+,26-,27?/m0/s1. The number of carbonyl (C=O) groups is 1. The minimum atomic E-state index is -2.78. The van der Waals surface area contributed by atoms with Crippen LogP contribution < -0.4 is 10.4 Å². The number of aliphatic hydroxyl groups excluding tert-OH is 1. The molecule has 0 spiro atoms. The van der Waals surface area contributed by atoms with Crippen molar-refractivity contribution in [3.05, 3.63) is 72.3 Å². The molecule has 1 N–H and O–H groups in total. The van der Waals surface area contributed by atoms with Gasteiger partial charge in [-0.2, -0.15) is 0 Å². The van der Waals surface area contributed by atoms with E-state index in [2.05, 4.69) is 69.3 Å². The first-order valence-electron chi connectivity index (χ1n) is 11.9. The lowest BCUT2D eigenvalue weighted by molar-refractivity contribution is -0.115. The number of aliphatic hydroxyl groups is 1. The number of rotatable bonds is 8. The molecule has 2 aromatic carbocycles. The van der Waals surface area contributed by atoms with Crippen molar-refractivity contribution < 1.29 is 19.4 Å². The molecule has 2 aliphatic rings. The molecule has 1 unspecified atom stereocenters. The molecule has 176 valence electrons. The maximum Gasteiger partial charge on any atom is 0.156 e. The van der Waals surface area contributed by atoms with Gasteiger partial charge in [0.2, 0.25) is 0 Å². The minimum absolute atomic E-state index is 0.0432. The van der Waals surface area contributed by atoms with Crippen LogP contribution in [0, 0.1) is 11.8 Å². The van der Waals surface area contributed by atoms with Gasteiger partial charge in [0.1, 0.15) is 0 Å². The van der Waals surface area contributed by atoms with Crippen molar-refractivity contribution in [1.82, 2.24) is 0 Å². The molecule has 0 heterocycles. The molecule has 1 fully saturated rings. The Hall–Kier alpha value is -2.05. The molecule has 33 heavy (non-hydrogen) atoms. The van der Waals surface area contributed by atoms with Crippen LogP contribution in [0.4, 0.5) is 0 Å². The van der Waals surface area contributed by atoms with Crippen LogP contribution in [0.1, 0.15) is 33.6 Å². The third kappa shape index (κ3) is 4.28. The molecule has 5 heteroatoms. The van der Waals surface area contributed by atoms with Crippen molar-refractivity contribution in [2.45, 2.75) is 50.5 Å². The van der Waals surface area contributed by atoms with Crippen LogP contribution in [-0.4, -0.2) is 51.1 Å². The number of hydrogen-bond acceptors (Lipinski definition) is 4. The van der Waals surface area contributed by atoms with E-state index in [4.69, 9.17) is 9.47 Å². The predicted molar refractivity (Wildman–Crippen MR) is 135 cm³/mol. The van der Waals surface area contributed by atoms with Gasteiger partial charge in [-0.3, -0.25) is 4.79 Å². The van der Waals surface area contributed by atoms with Crippen molar-refractivity contribution in [3.8, 4) is 0 Å². The molecular weight excluding hydrogens is 428 g/mol. The molecule has 4 rings (SSSR count). The van der Waals surface area contributed by atoms with E-state index in [0.29, 0.717) is 26.1 Å². The molecular formula is C28H36O4Si. The number of ether oxygens (including phenoxy) is 2. The van der Waals surface area contributed by atoms with Crippen molar-refractivity contribution in [2.24, 2.45) is 11.8 Å². The summed E-state index contributed by atoms with van der Waals surface area (Å²) in [5.41, 5.74) is 0.529. The average molecular weight is 465 g/mol. The third-order valence-corrected chi connectivity index (χ3v) is 13.8. The Balaban J connectivity index is 1.87. The number of benzene rings is 2. The Labute approximate surface area is 198 Å². The summed E-state index contributed by atoms with van der Waals surface area (Å²) in [6.07, 6.45) is 2.86. The first-order valence-corrected chi connectivity index (χ1v) is 14.0. The van der Waals surface area contributed by atoms with E-state index < -0.39 is 13.8 Å². The van der Waals surface area contributed by atoms with Crippen molar-refractivity contribution in [1.29, 1.82) is 0 Å². The summed E-state index contributed by atoms with van der Waals surface area (Å²) in [4.78, 5) is 12.4. The van der Waals surface area contributed by atoms with Crippen LogP contribution in [0.5, 0.6) is 0 Å². The summed E-state index contributed by atoms with van der Waals surface area (Å²) in [5, 5.41) is 14.8. The quantitative estimate of drug-likeness (QED) is 0.480. The van der Waals surface area contributed by atoms with Gasteiger partial charge in [0.15, 0.2) is 13.9 Å². The van der Waals surface area contributed by atoms with E-state index in [-0.39, 0.29) is 28.8 Å². The Bertz CT molecular complexity index is 940. The number of hydrogen-bond donors (Lipinski definition) is 1. The predicted octanol–water partition coefficient (Wildman–Crippen LogP) is 3.52. The van der Waals surface area contributed by atoms with Crippen molar-refractivity contribution in [2.75, 3.05) is 20.3 Å². The first kappa shape index (κ1) is 24.1. The molecule has 4 nitrogen and oxygen atoms in total. The lowest BCUT2D eigenvalue weighted by Crippen LogP contribution is -2.74. The van der Waals surface area contributed by atoms with Crippen molar-refractivity contribution >= 4 is 24.2 Å². The number of fused-ring (bicyclic) bond motifs is 1. The van der Waals surface area contributed by atoms with Gasteiger partial charge in [-0.25, -0.2) is 0 Å². The molecule has 2 aliphatic carbocycles. The summed E-state index contributed by atoms with van der Waals surface area (Å²) in [7, 11) is -1.11. The van der Waals surface area contributed by atoms with Gasteiger partial charge in [-0.1, -0.05) is 97.4 Å². The van der Waals surface area contributed by atoms with Gasteiger partial charge in [0.25, 0.3) is 0 Å². The van der Waals surface area contributed by atoms with Gasteiger partial charge in [-0.05, 0) is 23.5 Å². The van der Waals surface area contributed by atoms with Gasteiger partial charge < -0.3 is 14.6 Å². The molecule has 2 aromatic rings. The van der Waals surface area contributed by atoms with Gasteiger partial charge >= 0.3 is 0 Å². The largest absolute Gasteiger partial charge is 0.395 e. The van der Waals surface area contributed by atoms with E-state index in [1.54, 1.807) is 13.2 Å². The van der Waals surface area contributed by atoms with E-state index in [9.17, 15) is 9.90 Å². The Morgan fingerprint density at radius 2 is 1.55 bits per heavy atom. The monoisotopic (exact) mass is 464 g/mol. The second kappa shape index (κ2) is 9.67. The van der Waals surface area contributed by atoms with Gasteiger partial charge in [-0.15, -0.1) is 0 Å². The Morgan fingerprint density at radius 1 is 0.970 bits per heavy atom. The summed E-state index contributed by atoms with van der Waals surface area (Å²) >= 11 is 0. The summed E-state index contributed by atoms with van der Waals surface area (Å²) in [5.74, 6) is 0.0811. The van der Waals surface area contributed by atoms with Crippen molar-refractivity contribution in [3.63, 3.8) is 0 Å². The topological polar surface area (TPSA) is 55.8 Å². The fourth-order valence-corrected chi connectivity index (χ4v) is 12.4. The average Bonchev–Trinajstić information content (AvgIpc) is 3.30. The molecule has 4 atom stereocenters. The van der Waals surface area contributed by atoms with Crippen LogP contribution in [0.3, 0.4) is 0 Å². The molecule has 0 aliphatic heterocycles. The fraction of sp³-hybridized carbons (Fsp3) is 0.464. The second-order valence-corrected chi connectivity index (χ2v) is 15.3. The highest BCUT2D eigenvalue weighted by Gasteiger charge is 2.60. The Morgan fingerprint density at radius 3 is 2.06 bits per heavy atom. The molecule has 0 bridgehead atoms. The van der Waals surface area contributed by atoms with E-state index in [0.717, 1.165) is 5.57 Å². The highest BCUT2D eigenvalue weighted by atomic mass is 28.3. The highest BCUT2D eigenvalue weighted by molar-refractivity contribution is 7.05. The minimum Gasteiger partial charge on any atom is -0.395 e. The zero-order valence-corrected chi connectivity index (χ0v) is 21.2. The van der Waals surface area contributed by atoms with Crippen LogP contribution >= 0.6 is 0 Å². The van der Waals surface area contributed by atoms with E-state index >= 15 is 0 Å². The maximum absolute atomic E-state index is 12.6. The molecule has 0 amide bonds. The van der Waals surface area contributed by atoms with Gasteiger partial charge in [0.05, 0.1) is 25.0 Å². The number of carbonyl (C=O) groups excluding carboxylic acids is 1. The second-order valence-electron chi connectivity index (χ2n) is 10.4. The zero-order valence-electron chi connectivity index (χ0n) is 20.2. The van der Waals surface area contributed by atoms with E-state index in [1.807, 2.05) is 12.1 Å². The normalized spacial score (nSPS) is 24.0. The van der Waals surface area contributed by atoms with E-state index in [1.165, 1.54) is 10.4 Å². The molecule has 1 saturated carbocycles. The molecule has 0 saturated heterocycles. The number of allylic oxidation sites excluding steroid dienone is 1.